The number of aliphatic hydroxyl groups is 1. The van der Waals surface area contributed by atoms with Crippen LogP contribution in [0, 0.1) is 29.1 Å². The monoisotopic (exact) mass is 281 g/mol. The first-order valence-electron chi connectivity index (χ1n) is 8.00. The van der Waals surface area contributed by atoms with Gasteiger partial charge in [-0.1, -0.05) is 13.8 Å². The lowest BCUT2D eigenvalue weighted by Crippen LogP contribution is -2.38. The van der Waals surface area contributed by atoms with Crippen molar-refractivity contribution in [1.82, 2.24) is 5.32 Å². The highest BCUT2D eigenvalue weighted by Crippen LogP contribution is 2.56. The van der Waals surface area contributed by atoms with Crippen molar-refractivity contribution < 1.29 is 14.6 Å². The normalized spacial score (nSPS) is 51.3. The number of hydrogen-bond donors (Lipinski definition) is 2. The van der Waals surface area contributed by atoms with E-state index >= 15 is 0 Å². The summed E-state index contributed by atoms with van der Waals surface area (Å²) in [5.41, 5.74) is -0.0429. The molecule has 1 heterocycles. The second-order valence-electron chi connectivity index (χ2n) is 7.43. The number of fused-ring (bicyclic) bond motifs is 2. The predicted molar refractivity (Wildman–Crippen MR) is 76.0 cm³/mol. The first-order chi connectivity index (χ1) is 9.47. The van der Waals surface area contributed by atoms with Crippen LogP contribution in [-0.4, -0.2) is 36.9 Å². The van der Waals surface area contributed by atoms with Crippen LogP contribution in [0.15, 0.2) is 0 Å². The van der Waals surface area contributed by atoms with Crippen LogP contribution in [0.3, 0.4) is 0 Å². The molecular formula is C16H27NO3. The lowest BCUT2D eigenvalue weighted by atomic mass is 9.68. The molecule has 3 aliphatic rings. The molecule has 4 heteroatoms. The molecule has 0 spiro atoms. The van der Waals surface area contributed by atoms with E-state index in [0.29, 0.717) is 18.4 Å². The topological polar surface area (TPSA) is 58.6 Å². The molecule has 2 saturated carbocycles. The number of ether oxygens (including phenoxy) is 1. The predicted octanol–water partition coefficient (Wildman–Crippen LogP) is 1.57. The van der Waals surface area contributed by atoms with Gasteiger partial charge in [0.1, 0.15) is 6.10 Å². The summed E-state index contributed by atoms with van der Waals surface area (Å²) in [6.45, 7) is 5.18. The highest BCUT2D eigenvalue weighted by Gasteiger charge is 2.57. The Balaban J connectivity index is 1.90. The van der Waals surface area contributed by atoms with Gasteiger partial charge in [-0.05, 0) is 50.0 Å². The average molecular weight is 281 g/mol. The zero-order valence-electron chi connectivity index (χ0n) is 12.8. The summed E-state index contributed by atoms with van der Waals surface area (Å²) in [5, 5.41) is 13.6. The molecule has 114 valence electrons. The van der Waals surface area contributed by atoms with Crippen molar-refractivity contribution in [2.45, 2.75) is 51.7 Å². The third kappa shape index (κ3) is 2.00. The second kappa shape index (κ2) is 4.99. The maximum Gasteiger partial charge on any atom is 0.310 e. The Morgan fingerprint density at radius 3 is 2.90 bits per heavy atom. The summed E-state index contributed by atoms with van der Waals surface area (Å²) >= 11 is 0. The third-order valence-corrected chi connectivity index (χ3v) is 6.31. The Hall–Kier alpha value is -0.610. The molecule has 0 aromatic heterocycles. The van der Waals surface area contributed by atoms with Crippen LogP contribution >= 0.6 is 0 Å². The van der Waals surface area contributed by atoms with Gasteiger partial charge in [-0.3, -0.25) is 4.79 Å². The molecule has 0 aromatic carbocycles. The van der Waals surface area contributed by atoms with E-state index in [1.165, 1.54) is 0 Å². The Morgan fingerprint density at radius 1 is 1.45 bits per heavy atom. The van der Waals surface area contributed by atoms with Gasteiger partial charge in [-0.2, -0.15) is 0 Å². The molecule has 0 aromatic rings. The molecule has 0 radical (unpaired) electrons. The summed E-state index contributed by atoms with van der Waals surface area (Å²) < 4.78 is 5.67. The molecule has 2 aliphatic carbocycles. The molecule has 3 rings (SSSR count). The van der Waals surface area contributed by atoms with Crippen LogP contribution in [0.25, 0.3) is 0 Å². The maximum absolute atomic E-state index is 12.1. The number of carbonyl (C=O) groups excluding carboxylic acids is 1. The Bertz CT molecular complexity index is 399. The molecule has 1 saturated heterocycles. The Labute approximate surface area is 121 Å². The van der Waals surface area contributed by atoms with Gasteiger partial charge in [0, 0.05) is 12.5 Å². The number of aliphatic hydroxyl groups excluding tert-OH is 1. The number of carbonyl (C=O) groups is 1. The van der Waals surface area contributed by atoms with Crippen molar-refractivity contribution in [2.24, 2.45) is 29.1 Å². The fourth-order valence-corrected chi connectivity index (χ4v) is 5.21. The number of hydrogen-bond acceptors (Lipinski definition) is 4. The van der Waals surface area contributed by atoms with Crippen molar-refractivity contribution in [3.8, 4) is 0 Å². The van der Waals surface area contributed by atoms with Gasteiger partial charge in [0.15, 0.2) is 0 Å². The van der Waals surface area contributed by atoms with E-state index < -0.39 is 0 Å². The average Bonchev–Trinajstić information content (AvgIpc) is 2.79. The van der Waals surface area contributed by atoms with Gasteiger partial charge in [-0.25, -0.2) is 0 Å². The van der Waals surface area contributed by atoms with Crippen molar-refractivity contribution in [2.75, 3.05) is 13.6 Å². The van der Waals surface area contributed by atoms with Crippen molar-refractivity contribution in [1.29, 1.82) is 0 Å². The molecule has 0 bridgehead atoms. The minimum Gasteiger partial charge on any atom is -0.462 e. The summed E-state index contributed by atoms with van der Waals surface area (Å²) in [7, 11) is 1.88. The highest BCUT2D eigenvalue weighted by atomic mass is 16.6. The largest absolute Gasteiger partial charge is 0.462 e. The highest BCUT2D eigenvalue weighted by molar-refractivity contribution is 5.75. The van der Waals surface area contributed by atoms with Crippen LogP contribution in [0.5, 0.6) is 0 Å². The number of esters is 1. The molecule has 2 N–H and O–H groups in total. The molecule has 3 fully saturated rings. The van der Waals surface area contributed by atoms with Crippen molar-refractivity contribution in [3.05, 3.63) is 0 Å². The van der Waals surface area contributed by atoms with E-state index in [1.54, 1.807) is 0 Å². The molecule has 7 atom stereocenters. The van der Waals surface area contributed by atoms with Gasteiger partial charge in [0.2, 0.25) is 0 Å². The van der Waals surface area contributed by atoms with E-state index in [2.05, 4.69) is 19.2 Å². The van der Waals surface area contributed by atoms with Gasteiger partial charge in [-0.15, -0.1) is 0 Å². The minimum absolute atomic E-state index is 0.0411. The molecular weight excluding hydrogens is 254 g/mol. The van der Waals surface area contributed by atoms with E-state index in [0.717, 1.165) is 25.7 Å². The van der Waals surface area contributed by atoms with Gasteiger partial charge in [0.25, 0.3) is 0 Å². The van der Waals surface area contributed by atoms with Crippen LogP contribution < -0.4 is 5.32 Å². The summed E-state index contributed by atoms with van der Waals surface area (Å²) in [5.74, 6) is 1.27. The van der Waals surface area contributed by atoms with E-state index in [4.69, 9.17) is 4.74 Å². The second-order valence-corrected chi connectivity index (χ2v) is 7.43. The van der Waals surface area contributed by atoms with Crippen LogP contribution in [-0.2, 0) is 9.53 Å². The SMILES string of the molecule is CNC[C@@H]1C(=O)O[C@H]2C[C@@H](C)[C@@H]3CC[C@H](O)[C@@]3(C)C[C@@H]21. The number of rotatable bonds is 2. The molecule has 4 nitrogen and oxygen atoms in total. The molecule has 0 amide bonds. The van der Waals surface area contributed by atoms with E-state index in [1.807, 2.05) is 7.05 Å². The Kier molecular flexibility index (Phi) is 3.57. The fraction of sp³-hybridized carbons (Fsp3) is 0.938. The lowest BCUT2D eigenvalue weighted by Gasteiger charge is -2.37. The first-order valence-corrected chi connectivity index (χ1v) is 8.00. The first kappa shape index (κ1) is 14.3. The standard InChI is InChI=1S/C16H27NO3/c1-9-6-13-10(11(8-17-3)15(19)20-13)7-16(2)12(9)4-5-14(16)18/h9-14,17-18H,4-8H2,1-3H3/t9-,10-,11+,12+,13+,14+,16+/m1/s1. The van der Waals surface area contributed by atoms with Crippen LogP contribution in [0.4, 0.5) is 0 Å². The van der Waals surface area contributed by atoms with Gasteiger partial charge < -0.3 is 15.2 Å². The van der Waals surface area contributed by atoms with E-state index in [9.17, 15) is 9.90 Å². The molecule has 1 aliphatic heterocycles. The maximum atomic E-state index is 12.1. The zero-order valence-corrected chi connectivity index (χ0v) is 12.8. The number of nitrogens with one attached hydrogen (secondary N) is 1. The molecule has 0 unspecified atom stereocenters. The summed E-state index contributed by atoms with van der Waals surface area (Å²) in [4.78, 5) is 12.1. The smallest absolute Gasteiger partial charge is 0.310 e. The summed E-state index contributed by atoms with van der Waals surface area (Å²) in [6, 6.07) is 0. The van der Waals surface area contributed by atoms with Gasteiger partial charge >= 0.3 is 5.97 Å². The van der Waals surface area contributed by atoms with Gasteiger partial charge in [0.05, 0.1) is 12.0 Å². The van der Waals surface area contributed by atoms with Crippen LogP contribution in [0.2, 0.25) is 0 Å². The third-order valence-electron chi connectivity index (χ3n) is 6.31. The quantitative estimate of drug-likeness (QED) is 0.754. The van der Waals surface area contributed by atoms with Crippen molar-refractivity contribution >= 4 is 5.97 Å². The fourth-order valence-electron chi connectivity index (χ4n) is 5.21. The van der Waals surface area contributed by atoms with E-state index in [-0.39, 0.29) is 35.4 Å². The molecule has 20 heavy (non-hydrogen) atoms. The lowest BCUT2D eigenvalue weighted by molar-refractivity contribution is -0.144. The summed E-state index contributed by atoms with van der Waals surface area (Å²) in [6.07, 6.45) is 3.75. The zero-order chi connectivity index (χ0) is 14.5. The van der Waals surface area contributed by atoms with Crippen molar-refractivity contribution in [3.63, 3.8) is 0 Å². The van der Waals surface area contributed by atoms with Crippen LogP contribution in [0.1, 0.15) is 39.5 Å². The Morgan fingerprint density at radius 2 is 2.20 bits per heavy atom. The minimum atomic E-state index is -0.223.